The predicted octanol–water partition coefficient (Wildman–Crippen LogP) is 3.25. The van der Waals surface area contributed by atoms with E-state index in [4.69, 9.17) is 0 Å². The lowest BCUT2D eigenvalue weighted by atomic mass is 9.95. The Bertz CT molecular complexity index is 533. The molecule has 0 unspecified atom stereocenters. The Hall–Kier alpha value is -2.00. The molecule has 0 aliphatic carbocycles. The van der Waals surface area contributed by atoms with Crippen molar-refractivity contribution < 1.29 is 17.9 Å². The molecule has 1 aliphatic rings. The second-order valence-corrected chi connectivity index (χ2v) is 4.41. The summed E-state index contributed by atoms with van der Waals surface area (Å²) in [5.74, 6) is -0.283. The van der Waals surface area contributed by atoms with Gasteiger partial charge in [-0.3, -0.25) is 0 Å². The van der Waals surface area contributed by atoms with E-state index in [-0.39, 0.29) is 5.75 Å². The molecule has 1 aromatic rings. The van der Waals surface area contributed by atoms with Crippen LogP contribution >= 0.6 is 0 Å². The molecule has 6 heteroatoms. The van der Waals surface area contributed by atoms with Gasteiger partial charge in [0.15, 0.2) is 0 Å². The van der Waals surface area contributed by atoms with Crippen molar-refractivity contribution in [3.05, 3.63) is 35.4 Å². The summed E-state index contributed by atoms with van der Waals surface area (Å²) in [6.07, 6.45) is -3.14. The van der Waals surface area contributed by atoms with Crippen molar-refractivity contribution in [1.29, 1.82) is 5.26 Å². The maximum atomic E-state index is 12.1. The molecule has 3 nitrogen and oxygen atoms in total. The molecule has 1 heterocycles. The Labute approximate surface area is 114 Å². The third kappa shape index (κ3) is 3.75. The summed E-state index contributed by atoms with van der Waals surface area (Å²) >= 11 is 0. The van der Waals surface area contributed by atoms with Gasteiger partial charge in [-0.1, -0.05) is 0 Å². The zero-order valence-electron chi connectivity index (χ0n) is 10.6. The Morgan fingerprint density at radius 2 is 1.75 bits per heavy atom. The first-order chi connectivity index (χ1) is 9.49. The van der Waals surface area contributed by atoms with Crippen LogP contribution in [0.25, 0.3) is 5.57 Å². The van der Waals surface area contributed by atoms with Crippen molar-refractivity contribution in [1.82, 2.24) is 5.32 Å². The maximum absolute atomic E-state index is 12.1. The van der Waals surface area contributed by atoms with Crippen molar-refractivity contribution >= 4 is 5.57 Å². The number of nitriles is 1. The molecule has 2 rings (SSSR count). The largest absolute Gasteiger partial charge is 0.573 e. The van der Waals surface area contributed by atoms with Crippen molar-refractivity contribution in [3.63, 3.8) is 0 Å². The summed E-state index contributed by atoms with van der Waals surface area (Å²) < 4.78 is 40.0. The minimum Gasteiger partial charge on any atom is -0.406 e. The molecule has 1 saturated heterocycles. The first kappa shape index (κ1) is 14.4. The third-order valence-corrected chi connectivity index (χ3v) is 3.05. The highest BCUT2D eigenvalue weighted by Crippen LogP contribution is 2.27. The van der Waals surface area contributed by atoms with Gasteiger partial charge >= 0.3 is 6.36 Å². The fraction of sp³-hybridized carbons (Fsp3) is 0.357. The van der Waals surface area contributed by atoms with Crippen LogP contribution in [0.3, 0.4) is 0 Å². The summed E-state index contributed by atoms with van der Waals surface area (Å²) in [7, 11) is 0. The van der Waals surface area contributed by atoms with Gasteiger partial charge in [0.2, 0.25) is 0 Å². The first-order valence-electron chi connectivity index (χ1n) is 6.18. The molecule has 0 radical (unpaired) electrons. The van der Waals surface area contributed by atoms with Gasteiger partial charge in [-0.05, 0) is 61.3 Å². The van der Waals surface area contributed by atoms with Crippen molar-refractivity contribution in [3.8, 4) is 11.8 Å². The van der Waals surface area contributed by atoms with Crippen LogP contribution in [0.5, 0.6) is 5.75 Å². The normalized spacial score (nSPS) is 15.6. The number of allylic oxidation sites excluding steroid dienone is 1. The van der Waals surface area contributed by atoms with Crippen molar-refractivity contribution in [2.24, 2.45) is 0 Å². The number of benzene rings is 1. The van der Waals surface area contributed by atoms with Crippen LogP contribution in [0.4, 0.5) is 13.2 Å². The van der Waals surface area contributed by atoms with E-state index in [9.17, 15) is 18.4 Å². The minimum absolute atomic E-state index is 0.283. The average molecular weight is 282 g/mol. The number of piperidine rings is 1. The molecule has 0 saturated carbocycles. The quantitative estimate of drug-likeness (QED) is 0.847. The highest BCUT2D eigenvalue weighted by atomic mass is 19.4. The summed E-state index contributed by atoms with van der Waals surface area (Å²) in [5, 5.41) is 12.4. The lowest BCUT2D eigenvalue weighted by molar-refractivity contribution is -0.274. The molecule has 1 fully saturated rings. The van der Waals surface area contributed by atoms with Crippen LogP contribution in [0.15, 0.2) is 29.8 Å². The van der Waals surface area contributed by atoms with Crippen LogP contribution in [-0.2, 0) is 0 Å². The summed E-state index contributed by atoms with van der Waals surface area (Å²) in [5.41, 5.74) is 2.21. The number of hydrogen-bond donors (Lipinski definition) is 1. The predicted molar refractivity (Wildman–Crippen MR) is 67.8 cm³/mol. The first-order valence-corrected chi connectivity index (χ1v) is 6.18. The van der Waals surface area contributed by atoms with E-state index in [0.717, 1.165) is 31.5 Å². The van der Waals surface area contributed by atoms with Crippen LogP contribution in [0, 0.1) is 11.3 Å². The second kappa shape index (κ2) is 5.97. The summed E-state index contributed by atoms with van der Waals surface area (Å²) in [6.45, 7) is 1.63. The van der Waals surface area contributed by atoms with Gasteiger partial charge in [0.1, 0.15) is 5.75 Å². The maximum Gasteiger partial charge on any atom is 0.573 e. The molecule has 106 valence electrons. The lowest BCUT2D eigenvalue weighted by Gasteiger charge is -2.17. The number of alkyl halides is 3. The molecular weight excluding hydrogens is 269 g/mol. The fourth-order valence-electron chi connectivity index (χ4n) is 2.15. The lowest BCUT2D eigenvalue weighted by Crippen LogP contribution is -2.23. The van der Waals surface area contributed by atoms with Gasteiger partial charge in [0.25, 0.3) is 0 Å². The molecule has 0 bridgehead atoms. The van der Waals surface area contributed by atoms with Crippen LogP contribution < -0.4 is 10.1 Å². The Morgan fingerprint density at radius 3 is 2.25 bits per heavy atom. The fourth-order valence-corrected chi connectivity index (χ4v) is 2.15. The van der Waals surface area contributed by atoms with Crippen LogP contribution in [0.1, 0.15) is 18.4 Å². The topological polar surface area (TPSA) is 45.0 Å². The number of rotatable bonds is 2. The van der Waals surface area contributed by atoms with Gasteiger partial charge in [0, 0.05) is 0 Å². The highest BCUT2D eigenvalue weighted by Gasteiger charge is 2.31. The van der Waals surface area contributed by atoms with Crippen molar-refractivity contribution in [2.75, 3.05) is 13.1 Å². The Morgan fingerprint density at radius 1 is 1.15 bits per heavy atom. The van der Waals surface area contributed by atoms with Gasteiger partial charge < -0.3 is 10.1 Å². The molecule has 0 amide bonds. The molecule has 0 spiro atoms. The van der Waals surface area contributed by atoms with E-state index in [0.29, 0.717) is 11.1 Å². The smallest absolute Gasteiger partial charge is 0.406 e. The zero-order chi connectivity index (χ0) is 14.6. The zero-order valence-corrected chi connectivity index (χ0v) is 10.6. The van der Waals surface area contributed by atoms with Crippen molar-refractivity contribution in [2.45, 2.75) is 19.2 Å². The Balaban J connectivity index is 2.22. The van der Waals surface area contributed by atoms with Crippen LogP contribution in [0.2, 0.25) is 0 Å². The molecule has 20 heavy (non-hydrogen) atoms. The number of ether oxygens (including phenoxy) is 1. The number of nitrogens with one attached hydrogen (secondary N) is 1. The molecule has 1 aliphatic heterocycles. The highest BCUT2D eigenvalue weighted by molar-refractivity contribution is 5.79. The van der Waals surface area contributed by atoms with E-state index in [2.05, 4.69) is 16.1 Å². The van der Waals surface area contributed by atoms with Gasteiger partial charge in [-0.25, -0.2) is 0 Å². The van der Waals surface area contributed by atoms with E-state index >= 15 is 0 Å². The molecule has 0 aromatic heterocycles. The van der Waals surface area contributed by atoms with E-state index in [1.165, 1.54) is 24.3 Å². The molecular formula is C14H13F3N2O. The molecule has 0 atom stereocenters. The minimum atomic E-state index is -4.70. The van der Waals surface area contributed by atoms with E-state index in [1.807, 2.05) is 0 Å². The summed E-state index contributed by atoms with van der Waals surface area (Å²) in [6, 6.07) is 7.55. The van der Waals surface area contributed by atoms with Gasteiger partial charge in [-0.15, -0.1) is 13.2 Å². The number of nitrogens with zero attached hydrogens (tertiary/aromatic N) is 1. The Kier molecular flexibility index (Phi) is 4.30. The van der Waals surface area contributed by atoms with Gasteiger partial charge in [-0.2, -0.15) is 5.26 Å². The third-order valence-electron chi connectivity index (χ3n) is 3.05. The monoisotopic (exact) mass is 282 g/mol. The number of halogens is 3. The van der Waals surface area contributed by atoms with E-state index in [1.54, 1.807) is 0 Å². The van der Waals surface area contributed by atoms with E-state index < -0.39 is 6.36 Å². The molecule has 1 N–H and O–H groups in total. The standard InChI is InChI=1S/C14H13F3N2O/c15-14(16,17)20-12-3-1-10(2-4-12)13(9-18)11-5-7-19-8-6-11/h1-4,19H,5-8H2. The second-order valence-electron chi connectivity index (χ2n) is 4.41. The molecule has 1 aromatic carbocycles. The average Bonchev–Trinajstić information content (AvgIpc) is 2.41. The van der Waals surface area contributed by atoms with Crippen LogP contribution in [-0.4, -0.2) is 19.5 Å². The number of hydrogen-bond acceptors (Lipinski definition) is 3. The van der Waals surface area contributed by atoms with Gasteiger partial charge in [0.05, 0.1) is 11.6 Å². The summed E-state index contributed by atoms with van der Waals surface area (Å²) in [4.78, 5) is 0. The SMILES string of the molecule is N#CC(=C1CCNCC1)c1ccc(OC(F)(F)F)cc1.